The molecule has 0 N–H and O–H groups in total. The molecule has 5 heteroatoms. The van der Waals surface area contributed by atoms with Crippen LogP contribution in [0.15, 0.2) is 43.0 Å². The third kappa shape index (κ3) is 2.32. The van der Waals surface area contributed by atoms with Gasteiger partial charge >= 0.3 is 0 Å². The molecule has 3 aromatic rings. The molecular formula is C15H18N4O. The number of aromatic nitrogens is 4. The van der Waals surface area contributed by atoms with E-state index in [1.165, 1.54) is 0 Å². The smallest absolute Gasteiger partial charge is 0.137 e. The van der Waals surface area contributed by atoms with Crippen LogP contribution < -0.4 is 0 Å². The second-order valence-corrected chi connectivity index (χ2v) is 4.69. The lowest BCUT2D eigenvalue weighted by Gasteiger charge is -2.13. The molecule has 3 heterocycles. The zero-order valence-corrected chi connectivity index (χ0v) is 11.7. The molecule has 0 saturated heterocycles. The zero-order valence-electron chi connectivity index (χ0n) is 11.7. The Morgan fingerprint density at radius 1 is 1.25 bits per heavy atom. The largest absolute Gasteiger partial charge is 0.371 e. The van der Waals surface area contributed by atoms with Gasteiger partial charge in [-0.15, -0.1) is 0 Å². The third-order valence-electron chi connectivity index (χ3n) is 3.35. The van der Waals surface area contributed by atoms with Gasteiger partial charge in [-0.05, 0) is 26.0 Å². The zero-order chi connectivity index (χ0) is 13.9. The van der Waals surface area contributed by atoms with Crippen molar-refractivity contribution in [2.45, 2.75) is 26.5 Å². The van der Waals surface area contributed by atoms with Crippen LogP contribution in [0.2, 0.25) is 0 Å². The van der Waals surface area contributed by atoms with Gasteiger partial charge in [0.15, 0.2) is 0 Å². The fourth-order valence-corrected chi connectivity index (χ4v) is 2.41. The van der Waals surface area contributed by atoms with E-state index in [9.17, 15) is 0 Å². The first-order valence-electron chi connectivity index (χ1n) is 6.83. The summed E-state index contributed by atoms with van der Waals surface area (Å²) in [7, 11) is 0. The van der Waals surface area contributed by atoms with Crippen molar-refractivity contribution in [3.8, 4) is 0 Å². The molecule has 1 atom stereocenters. The standard InChI is InChI=1S/C15H18N4O/c1-3-20-12(2)15-16-7-9-18(15)11-13-10-17-14-6-4-5-8-19(13)14/h4-10,12H,3,11H2,1-2H3/t12-/m1/s1. The van der Waals surface area contributed by atoms with Crippen LogP contribution in [0.3, 0.4) is 0 Å². The van der Waals surface area contributed by atoms with Crippen molar-refractivity contribution in [3.63, 3.8) is 0 Å². The van der Waals surface area contributed by atoms with Crippen LogP contribution in [0.4, 0.5) is 0 Å². The van der Waals surface area contributed by atoms with E-state index in [4.69, 9.17) is 4.74 Å². The Labute approximate surface area is 117 Å². The number of fused-ring (bicyclic) bond motifs is 1. The lowest BCUT2D eigenvalue weighted by molar-refractivity contribution is 0.0677. The second kappa shape index (κ2) is 5.46. The van der Waals surface area contributed by atoms with Gasteiger partial charge in [0.25, 0.3) is 0 Å². The molecule has 0 aliphatic carbocycles. The summed E-state index contributed by atoms with van der Waals surface area (Å²) < 4.78 is 9.83. The van der Waals surface area contributed by atoms with E-state index in [1.807, 2.05) is 56.8 Å². The first kappa shape index (κ1) is 12.9. The summed E-state index contributed by atoms with van der Waals surface area (Å²) in [6, 6.07) is 6.00. The van der Waals surface area contributed by atoms with Crippen molar-refractivity contribution in [1.29, 1.82) is 0 Å². The number of pyridine rings is 1. The Morgan fingerprint density at radius 2 is 2.15 bits per heavy atom. The predicted octanol–water partition coefficient (Wildman–Crippen LogP) is 2.68. The van der Waals surface area contributed by atoms with Gasteiger partial charge in [0.05, 0.1) is 18.4 Å². The molecule has 0 saturated carbocycles. The van der Waals surface area contributed by atoms with E-state index in [2.05, 4.69) is 18.9 Å². The fourth-order valence-electron chi connectivity index (χ4n) is 2.41. The van der Waals surface area contributed by atoms with E-state index in [0.29, 0.717) is 6.61 Å². The maximum absolute atomic E-state index is 5.63. The summed E-state index contributed by atoms with van der Waals surface area (Å²) in [6.45, 7) is 5.44. The minimum Gasteiger partial charge on any atom is -0.371 e. The molecule has 0 aromatic carbocycles. The van der Waals surface area contributed by atoms with Crippen molar-refractivity contribution < 1.29 is 4.74 Å². The number of ether oxygens (including phenoxy) is 1. The second-order valence-electron chi connectivity index (χ2n) is 4.69. The van der Waals surface area contributed by atoms with Gasteiger partial charge in [-0.1, -0.05) is 6.07 Å². The molecule has 0 aliphatic rings. The summed E-state index contributed by atoms with van der Waals surface area (Å²) >= 11 is 0. The summed E-state index contributed by atoms with van der Waals surface area (Å²) in [5, 5.41) is 0. The maximum atomic E-state index is 5.63. The summed E-state index contributed by atoms with van der Waals surface area (Å²) in [4.78, 5) is 8.81. The third-order valence-corrected chi connectivity index (χ3v) is 3.35. The molecule has 0 radical (unpaired) electrons. The van der Waals surface area contributed by atoms with Crippen LogP contribution in [0.25, 0.3) is 5.65 Å². The first-order valence-corrected chi connectivity index (χ1v) is 6.83. The Kier molecular flexibility index (Phi) is 3.52. The normalized spacial score (nSPS) is 12.9. The SMILES string of the molecule is CCO[C@H](C)c1nccn1Cc1cnc2ccccn12. The Morgan fingerprint density at radius 3 is 3.00 bits per heavy atom. The molecule has 0 aliphatic heterocycles. The number of hydrogen-bond donors (Lipinski definition) is 0. The average molecular weight is 270 g/mol. The monoisotopic (exact) mass is 270 g/mol. The Hall–Kier alpha value is -2.14. The highest BCUT2D eigenvalue weighted by molar-refractivity contribution is 5.39. The molecule has 3 aromatic heterocycles. The fraction of sp³-hybridized carbons (Fsp3) is 0.333. The summed E-state index contributed by atoms with van der Waals surface area (Å²) in [6.07, 6.45) is 7.72. The molecule has 0 fully saturated rings. The van der Waals surface area contributed by atoms with E-state index in [1.54, 1.807) is 0 Å². The Bertz CT molecular complexity index is 701. The molecule has 104 valence electrons. The van der Waals surface area contributed by atoms with E-state index in [-0.39, 0.29) is 6.10 Å². The minimum absolute atomic E-state index is 0.00538. The molecule has 0 bridgehead atoms. The molecule has 0 spiro atoms. The Balaban J connectivity index is 1.90. The molecular weight excluding hydrogens is 252 g/mol. The number of nitrogens with zero attached hydrogens (tertiary/aromatic N) is 4. The van der Waals surface area contributed by atoms with Crippen molar-refractivity contribution in [2.75, 3.05) is 6.61 Å². The highest BCUT2D eigenvalue weighted by Gasteiger charge is 2.13. The van der Waals surface area contributed by atoms with Crippen molar-refractivity contribution >= 4 is 5.65 Å². The summed E-state index contributed by atoms with van der Waals surface area (Å²) in [5.74, 6) is 0.942. The number of imidazole rings is 2. The number of hydrogen-bond acceptors (Lipinski definition) is 3. The maximum Gasteiger partial charge on any atom is 0.137 e. The minimum atomic E-state index is -0.00538. The lowest BCUT2D eigenvalue weighted by atomic mass is 10.3. The van der Waals surface area contributed by atoms with Crippen molar-refractivity contribution in [2.24, 2.45) is 0 Å². The van der Waals surface area contributed by atoms with Gasteiger partial charge < -0.3 is 13.7 Å². The molecule has 5 nitrogen and oxygen atoms in total. The van der Waals surface area contributed by atoms with E-state index in [0.717, 1.165) is 23.7 Å². The molecule has 3 rings (SSSR count). The van der Waals surface area contributed by atoms with Crippen LogP contribution >= 0.6 is 0 Å². The van der Waals surface area contributed by atoms with Crippen LogP contribution in [0, 0.1) is 0 Å². The lowest BCUT2D eigenvalue weighted by Crippen LogP contribution is -2.11. The van der Waals surface area contributed by atoms with Gasteiger partial charge in [0.1, 0.15) is 17.6 Å². The van der Waals surface area contributed by atoms with E-state index < -0.39 is 0 Å². The number of rotatable bonds is 5. The van der Waals surface area contributed by atoms with Crippen LogP contribution in [-0.4, -0.2) is 25.5 Å². The van der Waals surface area contributed by atoms with Gasteiger partial charge in [0, 0.05) is 25.2 Å². The highest BCUT2D eigenvalue weighted by atomic mass is 16.5. The van der Waals surface area contributed by atoms with Gasteiger partial charge in [-0.25, -0.2) is 9.97 Å². The van der Waals surface area contributed by atoms with Crippen LogP contribution in [-0.2, 0) is 11.3 Å². The van der Waals surface area contributed by atoms with Crippen LogP contribution in [0.1, 0.15) is 31.5 Å². The van der Waals surface area contributed by atoms with Gasteiger partial charge in [0.2, 0.25) is 0 Å². The highest BCUT2D eigenvalue weighted by Crippen LogP contribution is 2.16. The van der Waals surface area contributed by atoms with Crippen LogP contribution in [0.5, 0.6) is 0 Å². The van der Waals surface area contributed by atoms with E-state index >= 15 is 0 Å². The molecule has 0 unspecified atom stereocenters. The predicted molar refractivity (Wildman–Crippen MR) is 76.6 cm³/mol. The average Bonchev–Trinajstić information content (AvgIpc) is 3.07. The summed E-state index contributed by atoms with van der Waals surface area (Å²) in [5.41, 5.74) is 2.09. The molecule has 20 heavy (non-hydrogen) atoms. The molecule has 0 amide bonds. The first-order chi connectivity index (χ1) is 9.79. The van der Waals surface area contributed by atoms with Gasteiger partial charge in [-0.2, -0.15) is 0 Å². The van der Waals surface area contributed by atoms with Crippen molar-refractivity contribution in [3.05, 3.63) is 54.5 Å². The van der Waals surface area contributed by atoms with Crippen molar-refractivity contribution in [1.82, 2.24) is 18.9 Å². The topological polar surface area (TPSA) is 44.3 Å². The van der Waals surface area contributed by atoms with Gasteiger partial charge in [-0.3, -0.25) is 0 Å². The quantitative estimate of drug-likeness (QED) is 0.716.